The molecule has 1 aromatic carbocycles. The Morgan fingerprint density at radius 3 is 2.70 bits per heavy atom. The minimum Gasteiger partial charge on any atom is -0.384 e. The summed E-state index contributed by atoms with van der Waals surface area (Å²) in [7, 11) is 0. The molecule has 0 fully saturated rings. The second kappa shape index (κ2) is 8.67. The van der Waals surface area contributed by atoms with Crippen molar-refractivity contribution in [3.63, 3.8) is 0 Å². The molecule has 2 aromatic rings. The van der Waals surface area contributed by atoms with Crippen molar-refractivity contribution in [2.75, 3.05) is 17.2 Å². The van der Waals surface area contributed by atoms with Crippen molar-refractivity contribution < 1.29 is 4.79 Å². The Balaban J connectivity index is 1.94. The monoisotopic (exact) mass is 375 g/mol. The van der Waals surface area contributed by atoms with Gasteiger partial charge in [-0.05, 0) is 59.1 Å². The molecule has 0 spiro atoms. The first-order chi connectivity index (χ1) is 11.1. The zero-order valence-corrected chi connectivity index (χ0v) is 15.1. The number of nitrogens with zero attached hydrogens (tertiary/aromatic N) is 1. The smallest absolute Gasteiger partial charge is 0.274 e. The first-order valence-corrected chi connectivity index (χ1v) is 8.67. The van der Waals surface area contributed by atoms with Gasteiger partial charge in [-0.25, -0.2) is 4.98 Å². The largest absolute Gasteiger partial charge is 0.384 e. The third kappa shape index (κ3) is 5.36. The summed E-state index contributed by atoms with van der Waals surface area (Å²) in [5, 5.41) is 6.17. The molecule has 1 aromatic heterocycles. The Kier molecular flexibility index (Phi) is 6.59. The van der Waals surface area contributed by atoms with Crippen molar-refractivity contribution >= 4 is 33.2 Å². The second-order valence-electron chi connectivity index (χ2n) is 5.50. The summed E-state index contributed by atoms with van der Waals surface area (Å²) < 4.78 is 0.861. The van der Waals surface area contributed by atoms with Crippen molar-refractivity contribution in [1.29, 1.82) is 0 Å². The van der Waals surface area contributed by atoms with E-state index < -0.39 is 0 Å². The molecule has 1 amide bonds. The summed E-state index contributed by atoms with van der Waals surface area (Å²) >= 11 is 3.46. The topological polar surface area (TPSA) is 54.0 Å². The molecule has 4 nitrogen and oxygen atoms in total. The van der Waals surface area contributed by atoms with Gasteiger partial charge in [0, 0.05) is 11.0 Å². The van der Waals surface area contributed by atoms with Gasteiger partial charge in [0.25, 0.3) is 5.91 Å². The van der Waals surface area contributed by atoms with Crippen LogP contribution in [0.15, 0.2) is 41.0 Å². The zero-order chi connectivity index (χ0) is 16.7. The van der Waals surface area contributed by atoms with Crippen LogP contribution in [0.1, 0.15) is 42.2 Å². The van der Waals surface area contributed by atoms with E-state index in [1.54, 1.807) is 12.3 Å². The summed E-state index contributed by atoms with van der Waals surface area (Å²) in [5.74, 6) is -0.216. The fraction of sp³-hybridized carbons (Fsp3) is 0.333. The number of pyridine rings is 1. The standard InChI is InChI=1S/C18H22BrN3O/c1-3-4-5-10-20-14-7-9-17(21-12-14)18(23)22-16-8-6-13(2)11-15(16)19/h6-9,11-12,20H,3-5,10H2,1-2H3,(H,22,23). The van der Waals surface area contributed by atoms with Gasteiger partial charge in [-0.1, -0.05) is 25.8 Å². The lowest BCUT2D eigenvalue weighted by Gasteiger charge is -2.09. The highest BCUT2D eigenvalue weighted by atomic mass is 79.9. The van der Waals surface area contributed by atoms with E-state index in [0.717, 1.165) is 34.4 Å². The molecule has 0 aliphatic rings. The first kappa shape index (κ1) is 17.5. The van der Waals surface area contributed by atoms with Gasteiger partial charge in [-0.3, -0.25) is 4.79 Å². The highest BCUT2D eigenvalue weighted by Crippen LogP contribution is 2.23. The molecule has 0 aliphatic heterocycles. The van der Waals surface area contributed by atoms with Crippen LogP contribution in [0.4, 0.5) is 11.4 Å². The number of rotatable bonds is 7. The van der Waals surface area contributed by atoms with E-state index in [2.05, 4.69) is 38.5 Å². The van der Waals surface area contributed by atoms with Crippen LogP contribution < -0.4 is 10.6 Å². The number of amides is 1. The minimum atomic E-state index is -0.216. The molecular weight excluding hydrogens is 354 g/mol. The number of hydrogen-bond donors (Lipinski definition) is 2. The average Bonchev–Trinajstić information content (AvgIpc) is 2.55. The maximum absolute atomic E-state index is 12.2. The third-order valence-electron chi connectivity index (χ3n) is 3.48. The normalized spacial score (nSPS) is 10.4. The number of unbranched alkanes of at least 4 members (excludes halogenated alkanes) is 2. The number of halogens is 1. The number of aromatic nitrogens is 1. The Morgan fingerprint density at radius 2 is 2.04 bits per heavy atom. The SMILES string of the molecule is CCCCCNc1ccc(C(=O)Nc2ccc(C)cc2Br)nc1. The highest BCUT2D eigenvalue weighted by Gasteiger charge is 2.09. The molecular formula is C18H22BrN3O. The Morgan fingerprint density at radius 1 is 1.22 bits per heavy atom. The van der Waals surface area contributed by atoms with Crippen LogP contribution in [0.5, 0.6) is 0 Å². The Hall–Kier alpha value is -1.88. The molecule has 2 N–H and O–H groups in total. The Bertz CT molecular complexity index is 656. The van der Waals surface area contributed by atoms with E-state index in [4.69, 9.17) is 0 Å². The molecule has 0 aliphatic carbocycles. The molecule has 0 saturated heterocycles. The van der Waals surface area contributed by atoms with Gasteiger partial charge < -0.3 is 10.6 Å². The van der Waals surface area contributed by atoms with Crippen molar-refractivity contribution in [2.45, 2.75) is 33.1 Å². The van der Waals surface area contributed by atoms with Crippen LogP contribution in [0, 0.1) is 6.92 Å². The predicted octanol–water partition coefficient (Wildman–Crippen LogP) is 5.01. The lowest BCUT2D eigenvalue weighted by Crippen LogP contribution is -2.14. The van der Waals surface area contributed by atoms with Gasteiger partial charge in [0.05, 0.1) is 17.6 Å². The van der Waals surface area contributed by atoms with Crippen molar-refractivity contribution in [3.05, 3.63) is 52.3 Å². The molecule has 2 rings (SSSR count). The van der Waals surface area contributed by atoms with Gasteiger partial charge in [0.15, 0.2) is 0 Å². The third-order valence-corrected chi connectivity index (χ3v) is 4.13. The molecule has 23 heavy (non-hydrogen) atoms. The van der Waals surface area contributed by atoms with E-state index in [-0.39, 0.29) is 5.91 Å². The summed E-state index contributed by atoms with van der Waals surface area (Å²) in [6, 6.07) is 9.42. The fourth-order valence-corrected chi connectivity index (χ4v) is 2.74. The zero-order valence-electron chi connectivity index (χ0n) is 13.5. The maximum Gasteiger partial charge on any atom is 0.274 e. The predicted molar refractivity (Wildman–Crippen MR) is 99.1 cm³/mol. The van der Waals surface area contributed by atoms with E-state index >= 15 is 0 Å². The number of aryl methyl sites for hydroxylation is 1. The average molecular weight is 376 g/mol. The van der Waals surface area contributed by atoms with Crippen LogP contribution in [0.3, 0.4) is 0 Å². The highest BCUT2D eigenvalue weighted by molar-refractivity contribution is 9.10. The number of benzene rings is 1. The van der Waals surface area contributed by atoms with Crippen LogP contribution >= 0.6 is 15.9 Å². The lowest BCUT2D eigenvalue weighted by atomic mass is 10.2. The molecule has 0 saturated carbocycles. The Labute approximate surface area is 145 Å². The lowest BCUT2D eigenvalue weighted by molar-refractivity contribution is 0.102. The van der Waals surface area contributed by atoms with Crippen LogP contribution in [-0.2, 0) is 0 Å². The molecule has 0 atom stereocenters. The van der Waals surface area contributed by atoms with E-state index in [1.165, 1.54) is 12.8 Å². The van der Waals surface area contributed by atoms with Crippen molar-refractivity contribution in [1.82, 2.24) is 4.98 Å². The first-order valence-electron chi connectivity index (χ1n) is 7.87. The van der Waals surface area contributed by atoms with Gasteiger partial charge in [0.2, 0.25) is 0 Å². The van der Waals surface area contributed by atoms with Crippen LogP contribution in [-0.4, -0.2) is 17.4 Å². The molecule has 1 heterocycles. The maximum atomic E-state index is 12.2. The number of hydrogen-bond acceptors (Lipinski definition) is 3. The summed E-state index contributed by atoms with van der Waals surface area (Å²) in [6.07, 6.45) is 5.26. The van der Waals surface area contributed by atoms with E-state index in [9.17, 15) is 4.79 Å². The van der Waals surface area contributed by atoms with Gasteiger partial charge in [-0.15, -0.1) is 0 Å². The number of nitrogens with one attached hydrogen (secondary N) is 2. The quantitative estimate of drug-likeness (QED) is 0.668. The van der Waals surface area contributed by atoms with Gasteiger partial charge in [-0.2, -0.15) is 0 Å². The number of carbonyl (C=O) groups is 1. The molecule has 5 heteroatoms. The minimum absolute atomic E-state index is 0.216. The number of anilines is 2. The molecule has 0 bridgehead atoms. The van der Waals surface area contributed by atoms with Crippen molar-refractivity contribution in [2.24, 2.45) is 0 Å². The van der Waals surface area contributed by atoms with E-state index in [0.29, 0.717) is 5.69 Å². The van der Waals surface area contributed by atoms with Crippen molar-refractivity contribution in [3.8, 4) is 0 Å². The number of carbonyl (C=O) groups excluding carboxylic acids is 1. The van der Waals surface area contributed by atoms with Crippen LogP contribution in [0.25, 0.3) is 0 Å². The fourth-order valence-electron chi connectivity index (χ4n) is 2.15. The van der Waals surface area contributed by atoms with Gasteiger partial charge >= 0.3 is 0 Å². The summed E-state index contributed by atoms with van der Waals surface area (Å²) in [6.45, 7) is 5.11. The second-order valence-corrected chi connectivity index (χ2v) is 6.36. The summed E-state index contributed by atoms with van der Waals surface area (Å²) in [4.78, 5) is 16.5. The molecule has 0 unspecified atom stereocenters. The molecule has 122 valence electrons. The summed E-state index contributed by atoms with van der Waals surface area (Å²) in [5.41, 5.74) is 3.21. The van der Waals surface area contributed by atoms with Gasteiger partial charge in [0.1, 0.15) is 5.69 Å². The van der Waals surface area contributed by atoms with Crippen LogP contribution in [0.2, 0.25) is 0 Å². The molecule has 0 radical (unpaired) electrons. The van der Waals surface area contributed by atoms with E-state index in [1.807, 2.05) is 31.2 Å².